The first-order valence-corrected chi connectivity index (χ1v) is 5.52. The molecule has 0 radical (unpaired) electrons. The van der Waals surface area contributed by atoms with Gasteiger partial charge in [-0.1, -0.05) is 19.1 Å². The van der Waals surface area contributed by atoms with Crippen molar-refractivity contribution >= 4 is 5.78 Å². The molecule has 0 unspecified atom stereocenters. The lowest BCUT2D eigenvalue weighted by atomic mass is 10.0. The highest BCUT2D eigenvalue weighted by atomic mass is 16.3. The van der Waals surface area contributed by atoms with E-state index >= 15 is 0 Å². The SMILES string of the molecule is CCCC(=O)CCCc1ccc(O)cc1. The fourth-order valence-electron chi connectivity index (χ4n) is 1.56. The van der Waals surface area contributed by atoms with Crippen molar-refractivity contribution in [2.24, 2.45) is 0 Å². The molecule has 1 aromatic carbocycles. The van der Waals surface area contributed by atoms with Gasteiger partial charge in [-0.2, -0.15) is 0 Å². The van der Waals surface area contributed by atoms with E-state index in [0.717, 1.165) is 19.3 Å². The van der Waals surface area contributed by atoms with Gasteiger partial charge in [0.15, 0.2) is 0 Å². The topological polar surface area (TPSA) is 37.3 Å². The van der Waals surface area contributed by atoms with Crippen molar-refractivity contribution in [3.8, 4) is 5.75 Å². The van der Waals surface area contributed by atoms with Crippen molar-refractivity contribution in [2.75, 3.05) is 0 Å². The number of carbonyl (C=O) groups excluding carboxylic acids is 1. The average molecular weight is 206 g/mol. The largest absolute Gasteiger partial charge is 0.508 e. The number of hydrogen-bond acceptors (Lipinski definition) is 2. The third kappa shape index (κ3) is 4.63. The second kappa shape index (κ2) is 6.23. The maximum absolute atomic E-state index is 11.2. The summed E-state index contributed by atoms with van der Waals surface area (Å²) in [7, 11) is 0. The molecule has 1 N–H and O–H groups in total. The van der Waals surface area contributed by atoms with Crippen LogP contribution >= 0.6 is 0 Å². The molecule has 15 heavy (non-hydrogen) atoms. The van der Waals surface area contributed by atoms with Crippen LogP contribution in [0.5, 0.6) is 5.75 Å². The Hall–Kier alpha value is -1.31. The highest BCUT2D eigenvalue weighted by molar-refractivity contribution is 5.78. The van der Waals surface area contributed by atoms with Gasteiger partial charge in [-0.25, -0.2) is 0 Å². The lowest BCUT2D eigenvalue weighted by Gasteiger charge is -2.01. The summed E-state index contributed by atoms with van der Waals surface area (Å²) in [6.07, 6.45) is 4.14. The van der Waals surface area contributed by atoms with E-state index in [2.05, 4.69) is 0 Å². The Kier molecular flexibility index (Phi) is 4.88. The Morgan fingerprint density at radius 2 is 1.87 bits per heavy atom. The Balaban J connectivity index is 2.26. The normalized spacial score (nSPS) is 10.2. The van der Waals surface area contributed by atoms with Gasteiger partial charge in [0, 0.05) is 12.8 Å². The smallest absolute Gasteiger partial charge is 0.132 e. The van der Waals surface area contributed by atoms with E-state index in [1.54, 1.807) is 12.1 Å². The first-order valence-electron chi connectivity index (χ1n) is 5.52. The van der Waals surface area contributed by atoms with E-state index < -0.39 is 0 Å². The molecule has 0 aliphatic heterocycles. The molecule has 0 bridgehead atoms. The Bertz CT molecular complexity index is 301. The van der Waals surface area contributed by atoms with E-state index in [1.165, 1.54) is 5.56 Å². The highest BCUT2D eigenvalue weighted by Gasteiger charge is 2.00. The summed E-state index contributed by atoms with van der Waals surface area (Å²) in [6.45, 7) is 2.03. The molecule has 82 valence electrons. The molecule has 0 amide bonds. The highest BCUT2D eigenvalue weighted by Crippen LogP contribution is 2.12. The predicted molar refractivity (Wildman–Crippen MR) is 61.0 cm³/mol. The van der Waals surface area contributed by atoms with Crippen LogP contribution in [0.3, 0.4) is 0 Å². The third-order valence-electron chi connectivity index (χ3n) is 2.39. The van der Waals surface area contributed by atoms with Gasteiger partial charge in [0.1, 0.15) is 11.5 Å². The summed E-state index contributed by atoms with van der Waals surface area (Å²) >= 11 is 0. The van der Waals surface area contributed by atoms with E-state index in [9.17, 15) is 4.79 Å². The maximum atomic E-state index is 11.2. The molecule has 0 fully saturated rings. The van der Waals surface area contributed by atoms with Crippen LogP contribution in [0.1, 0.15) is 38.2 Å². The van der Waals surface area contributed by atoms with Gasteiger partial charge >= 0.3 is 0 Å². The van der Waals surface area contributed by atoms with Crippen LogP contribution in [0.2, 0.25) is 0 Å². The number of phenols is 1. The fraction of sp³-hybridized carbons (Fsp3) is 0.462. The van der Waals surface area contributed by atoms with Crippen LogP contribution in [0.4, 0.5) is 0 Å². The van der Waals surface area contributed by atoms with Crippen LogP contribution in [0, 0.1) is 0 Å². The molecular formula is C13H18O2. The van der Waals surface area contributed by atoms with Gasteiger partial charge in [0.25, 0.3) is 0 Å². The van der Waals surface area contributed by atoms with Crippen LogP contribution in [-0.4, -0.2) is 10.9 Å². The zero-order valence-corrected chi connectivity index (χ0v) is 9.20. The van der Waals surface area contributed by atoms with Gasteiger partial charge < -0.3 is 5.11 Å². The number of rotatable bonds is 6. The molecule has 1 aromatic rings. The first-order chi connectivity index (χ1) is 7.22. The summed E-state index contributed by atoms with van der Waals surface area (Å²) in [4.78, 5) is 11.2. The second-order valence-corrected chi connectivity index (χ2v) is 3.81. The van der Waals surface area contributed by atoms with Gasteiger partial charge in [0.2, 0.25) is 0 Å². The molecule has 0 saturated carbocycles. The van der Waals surface area contributed by atoms with E-state index in [0.29, 0.717) is 24.4 Å². The van der Waals surface area contributed by atoms with Crippen molar-refractivity contribution < 1.29 is 9.90 Å². The summed E-state index contributed by atoms with van der Waals surface area (Å²) in [5, 5.41) is 9.09. The van der Waals surface area contributed by atoms with Crippen molar-refractivity contribution in [3.05, 3.63) is 29.8 Å². The standard InChI is InChI=1S/C13H18O2/c1-2-4-12(14)6-3-5-11-7-9-13(15)10-8-11/h7-10,15H,2-6H2,1H3. The molecule has 0 aliphatic carbocycles. The number of Topliss-reactive ketones (excluding diaryl/α,β-unsaturated/α-hetero) is 1. The minimum Gasteiger partial charge on any atom is -0.508 e. The second-order valence-electron chi connectivity index (χ2n) is 3.81. The Morgan fingerprint density at radius 3 is 2.47 bits per heavy atom. The van der Waals surface area contributed by atoms with Crippen molar-refractivity contribution in [2.45, 2.75) is 39.0 Å². The molecule has 0 atom stereocenters. The van der Waals surface area contributed by atoms with Crippen molar-refractivity contribution in [3.63, 3.8) is 0 Å². The monoisotopic (exact) mass is 206 g/mol. The van der Waals surface area contributed by atoms with Crippen LogP contribution in [-0.2, 0) is 11.2 Å². The minimum atomic E-state index is 0.292. The number of aryl methyl sites for hydroxylation is 1. The summed E-state index contributed by atoms with van der Waals surface area (Å²) in [5.74, 6) is 0.650. The maximum Gasteiger partial charge on any atom is 0.132 e. The molecule has 2 heteroatoms. The molecule has 0 saturated heterocycles. The van der Waals surface area contributed by atoms with Crippen molar-refractivity contribution in [1.82, 2.24) is 0 Å². The molecule has 0 spiro atoms. The summed E-state index contributed by atoms with van der Waals surface area (Å²) < 4.78 is 0. The number of phenolic OH excluding ortho intramolecular Hbond substituents is 1. The molecule has 0 aromatic heterocycles. The molecule has 1 rings (SSSR count). The Morgan fingerprint density at radius 1 is 1.20 bits per heavy atom. The van der Waals surface area contributed by atoms with Crippen molar-refractivity contribution in [1.29, 1.82) is 0 Å². The van der Waals surface area contributed by atoms with E-state index in [-0.39, 0.29) is 0 Å². The van der Waals surface area contributed by atoms with Gasteiger partial charge in [-0.3, -0.25) is 4.79 Å². The fourth-order valence-corrected chi connectivity index (χ4v) is 1.56. The molecule has 0 heterocycles. The first kappa shape index (κ1) is 11.8. The number of benzene rings is 1. The van der Waals surface area contributed by atoms with Crippen LogP contribution in [0.25, 0.3) is 0 Å². The minimum absolute atomic E-state index is 0.292. The zero-order chi connectivity index (χ0) is 11.1. The number of carbonyl (C=O) groups is 1. The number of aromatic hydroxyl groups is 1. The average Bonchev–Trinajstić information content (AvgIpc) is 2.21. The summed E-state index contributed by atoms with van der Waals surface area (Å²) in [6, 6.07) is 7.17. The molecule has 2 nitrogen and oxygen atoms in total. The lowest BCUT2D eigenvalue weighted by Crippen LogP contribution is -1.97. The lowest BCUT2D eigenvalue weighted by molar-refractivity contribution is -0.119. The molecule has 0 aliphatic rings. The van der Waals surface area contributed by atoms with Gasteiger partial charge in [-0.05, 0) is 37.0 Å². The predicted octanol–water partition coefficient (Wildman–Crippen LogP) is 3.08. The van der Waals surface area contributed by atoms with Gasteiger partial charge in [0.05, 0.1) is 0 Å². The summed E-state index contributed by atoms with van der Waals surface area (Å²) in [5.41, 5.74) is 1.18. The third-order valence-corrected chi connectivity index (χ3v) is 2.39. The quantitative estimate of drug-likeness (QED) is 0.776. The van der Waals surface area contributed by atoms with Crippen LogP contribution in [0.15, 0.2) is 24.3 Å². The number of ketones is 1. The van der Waals surface area contributed by atoms with E-state index in [1.807, 2.05) is 19.1 Å². The molecular weight excluding hydrogens is 188 g/mol. The van der Waals surface area contributed by atoms with E-state index in [4.69, 9.17) is 5.11 Å². The Labute approximate surface area is 90.9 Å². The number of hydrogen-bond donors (Lipinski definition) is 1. The van der Waals surface area contributed by atoms with Crippen LogP contribution < -0.4 is 0 Å². The zero-order valence-electron chi connectivity index (χ0n) is 9.20. The van der Waals surface area contributed by atoms with Gasteiger partial charge in [-0.15, -0.1) is 0 Å².